The van der Waals surface area contributed by atoms with Gasteiger partial charge < -0.3 is 13.9 Å². The highest BCUT2D eigenvalue weighted by Gasteiger charge is 2.10. The highest BCUT2D eigenvalue weighted by molar-refractivity contribution is 5.82. The monoisotopic (exact) mass is 338 g/mol. The summed E-state index contributed by atoms with van der Waals surface area (Å²) in [5.41, 5.74) is 3.34. The molecule has 0 radical (unpaired) electrons. The second-order valence-corrected chi connectivity index (χ2v) is 5.83. The molecule has 25 heavy (non-hydrogen) atoms. The molecule has 0 atom stereocenters. The van der Waals surface area contributed by atoms with Gasteiger partial charge in [-0.1, -0.05) is 0 Å². The van der Waals surface area contributed by atoms with Gasteiger partial charge in [0.2, 0.25) is 0 Å². The second-order valence-electron chi connectivity index (χ2n) is 5.83. The van der Waals surface area contributed by atoms with Gasteiger partial charge in [-0.3, -0.25) is 4.79 Å². The van der Waals surface area contributed by atoms with E-state index in [1.54, 1.807) is 18.2 Å². The number of hydrogen-bond donors (Lipinski definition) is 0. The van der Waals surface area contributed by atoms with Crippen molar-refractivity contribution in [2.24, 2.45) is 0 Å². The summed E-state index contributed by atoms with van der Waals surface area (Å²) in [6.07, 6.45) is 0.711. The summed E-state index contributed by atoms with van der Waals surface area (Å²) < 4.78 is 16.2. The third-order valence-electron chi connectivity index (χ3n) is 4.17. The number of methoxy groups -OCH3 is 1. The number of carbonyl (C=O) groups is 1. The first-order valence-electron chi connectivity index (χ1n) is 7.82. The molecule has 0 aliphatic heterocycles. The Bertz CT molecular complexity index is 1000. The summed E-state index contributed by atoms with van der Waals surface area (Å²) in [5, 5.41) is 0.823. The van der Waals surface area contributed by atoms with Gasteiger partial charge in [0.1, 0.15) is 23.7 Å². The Kier molecular flexibility index (Phi) is 4.57. The first kappa shape index (κ1) is 16.8. The third kappa shape index (κ3) is 3.40. The molecule has 0 bridgehead atoms. The van der Waals surface area contributed by atoms with E-state index in [2.05, 4.69) is 0 Å². The van der Waals surface area contributed by atoms with Crippen LogP contribution in [0.5, 0.6) is 11.5 Å². The molecule has 3 aromatic rings. The summed E-state index contributed by atoms with van der Waals surface area (Å²) in [5.74, 6) is 1.01. The van der Waals surface area contributed by atoms with E-state index in [1.807, 2.05) is 26.0 Å². The topological polar surface area (TPSA) is 65.7 Å². The molecule has 0 saturated carbocycles. The van der Waals surface area contributed by atoms with Crippen LogP contribution in [0, 0.1) is 13.8 Å². The van der Waals surface area contributed by atoms with Crippen LogP contribution < -0.4 is 15.1 Å². The van der Waals surface area contributed by atoms with Gasteiger partial charge in [-0.25, -0.2) is 4.79 Å². The van der Waals surface area contributed by atoms with Gasteiger partial charge >= 0.3 is 5.63 Å². The predicted molar refractivity (Wildman–Crippen MR) is 94.7 cm³/mol. The molecule has 0 spiro atoms. The highest BCUT2D eigenvalue weighted by Crippen LogP contribution is 2.26. The summed E-state index contributed by atoms with van der Waals surface area (Å²) >= 11 is 0. The van der Waals surface area contributed by atoms with Crippen molar-refractivity contribution in [3.63, 3.8) is 0 Å². The summed E-state index contributed by atoms with van der Waals surface area (Å²) in [4.78, 5) is 23.1. The van der Waals surface area contributed by atoms with Crippen LogP contribution in [0.1, 0.15) is 27.0 Å². The molecule has 0 N–H and O–H groups in total. The molecular formula is C20H18O5. The zero-order valence-corrected chi connectivity index (χ0v) is 14.3. The van der Waals surface area contributed by atoms with Crippen LogP contribution in [0.2, 0.25) is 0 Å². The van der Waals surface area contributed by atoms with Gasteiger partial charge in [0, 0.05) is 17.0 Å². The van der Waals surface area contributed by atoms with Crippen LogP contribution >= 0.6 is 0 Å². The second kappa shape index (κ2) is 6.81. The van der Waals surface area contributed by atoms with Crippen LogP contribution in [-0.4, -0.2) is 13.4 Å². The van der Waals surface area contributed by atoms with Crippen molar-refractivity contribution >= 4 is 17.3 Å². The van der Waals surface area contributed by atoms with Crippen LogP contribution in [0.25, 0.3) is 11.0 Å². The number of benzene rings is 2. The van der Waals surface area contributed by atoms with Gasteiger partial charge in [0.25, 0.3) is 0 Å². The number of hydrogen-bond acceptors (Lipinski definition) is 5. The van der Waals surface area contributed by atoms with Crippen molar-refractivity contribution in [2.75, 3.05) is 7.11 Å². The molecule has 5 heteroatoms. The molecule has 0 amide bonds. The Morgan fingerprint density at radius 1 is 1.08 bits per heavy atom. The Labute approximate surface area is 144 Å². The number of aldehydes is 1. The maximum absolute atomic E-state index is 11.8. The SMILES string of the molecule is COc1ccc(OCc2cc(=O)oc3cc(C)c(C)cc23)c(C=O)c1. The third-order valence-corrected chi connectivity index (χ3v) is 4.17. The van der Waals surface area contributed by atoms with E-state index in [1.165, 1.54) is 13.2 Å². The molecular weight excluding hydrogens is 320 g/mol. The Balaban J connectivity index is 1.97. The first-order chi connectivity index (χ1) is 12.0. The predicted octanol–water partition coefficient (Wildman–Crippen LogP) is 3.81. The zero-order valence-electron chi connectivity index (χ0n) is 14.3. The van der Waals surface area contributed by atoms with Crippen molar-refractivity contribution < 1.29 is 18.7 Å². The Morgan fingerprint density at radius 2 is 1.84 bits per heavy atom. The molecule has 1 heterocycles. The van der Waals surface area contributed by atoms with Crippen molar-refractivity contribution in [2.45, 2.75) is 20.5 Å². The molecule has 128 valence electrons. The summed E-state index contributed by atoms with van der Waals surface area (Å²) in [6.45, 7) is 4.11. The van der Waals surface area contributed by atoms with Gasteiger partial charge in [-0.05, 0) is 55.3 Å². The minimum Gasteiger partial charge on any atom is -0.497 e. The van der Waals surface area contributed by atoms with E-state index in [9.17, 15) is 9.59 Å². The standard InChI is InChI=1S/C20H18O5/c1-12-6-17-15(9-20(22)25-19(17)7-13(12)2)11-24-18-5-4-16(23-3)8-14(18)10-21/h4-10H,11H2,1-3H3. The lowest BCUT2D eigenvalue weighted by atomic mass is 10.0. The van der Waals surface area contributed by atoms with Crippen molar-refractivity contribution in [1.82, 2.24) is 0 Å². The van der Waals surface area contributed by atoms with Gasteiger partial charge in [0.05, 0.1) is 12.7 Å². The minimum atomic E-state index is -0.431. The number of rotatable bonds is 5. The lowest BCUT2D eigenvalue weighted by Crippen LogP contribution is -2.05. The van der Waals surface area contributed by atoms with Crippen molar-refractivity contribution in [3.05, 3.63) is 69.1 Å². The maximum Gasteiger partial charge on any atom is 0.336 e. The lowest BCUT2D eigenvalue weighted by molar-refractivity contribution is 0.111. The van der Waals surface area contributed by atoms with Gasteiger partial charge in [0.15, 0.2) is 6.29 Å². The molecule has 0 aliphatic carbocycles. The molecule has 0 unspecified atom stereocenters. The molecule has 0 fully saturated rings. The normalized spacial score (nSPS) is 10.7. The van der Waals surface area contributed by atoms with Gasteiger partial charge in [-0.15, -0.1) is 0 Å². The van der Waals surface area contributed by atoms with E-state index >= 15 is 0 Å². The van der Waals surface area contributed by atoms with Crippen LogP contribution in [0.3, 0.4) is 0 Å². The average Bonchev–Trinajstić information content (AvgIpc) is 2.61. The molecule has 2 aromatic carbocycles. The fourth-order valence-corrected chi connectivity index (χ4v) is 2.63. The van der Waals surface area contributed by atoms with Crippen LogP contribution in [0.4, 0.5) is 0 Å². The van der Waals surface area contributed by atoms with Crippen LogP contribution in [-0.2, 0) is 6.61 Å². The van der Waals surface area contributed by atoms with Crippen molar-refractivity contribution in [3.8, 4) is 11.5 Å². The number of aryl methyl sites for hydroxylation is 2. The average molecular weight is 338 g/mol. The lowest BCUT2D eigenvalue weighted by Gasteiger charge is -2.12. The van der Waals surface area contributed by atoms with Gasteiger partial charge in [-0.2, -0.15) is 0 Å². The van der Waals surface area contributed by atoms with E-state index in [0.717, 1.165) is 16.5 Å². The number of ether oxygens (including phenoxy) is 2. The summed E-state index contributed by atoms with van der Waals surface area (Å²) in [7, 11) is 1.53. The minimum absolute atomic E-state index is 0.151. The smallest absolute Gasteiger partial charge is 0.336 e. The molecule has 1 aromatic heterocycles. The van der Waals surface area contributed by atoms with Crippen molar-refractivity contribution in [1.29, 1.82) is 0 Å². The first-order valence-corrected chi connectivity index (χ1v) is 7.82. The zero-order chi connectivity index (χ0) is 18.0. The molecule has 5 nitrogen and oxygen atoms in total. The largest absolute Gasteiger partial charge is 0.497 e. The van der Waals surface area contributed by atoms with E-state index in [4.69, 9.17) is 13.9 Å². The number of fused-ring (bicyclic) bond motifs is 1. The van der Waals surface area contributed by atoms with Crippen LogP contribution in [0.15, 0.2) is 45.6 Å². The molecule has 3 rings (SSSR count). The fourth-order valence-electron chi connectivity index (χ4n) is 2.63. The van der Waals surface area contributed by atoms with E-state index in [-0.39, 0.29) is 6.61 Å². The maximum atomic E-state index is 11.8. The highest BCUT2D eigenvalue weighted by atomic mass is 16.5. The Hall–Kier alpha value is -3.08. The fraction of sp³-hybridized carbons (Fsp3) is 0.200. The quantitative estimate of drug-likeness (QED) is 0.523. The van der Waals surface area contributed by atoms with E-state index in [0.29, 0.717) is 34.5 Å². The molecule has 0 saturated heterocycles. The Morgan fingerprint density at radius 3 is 2.56 bits per heavy atom. The molecule has 0 aliphatic rings. The number of carbonyl (C=O) groups excluding carboxylic acids is 1. The summed E-state index contributed by atoms with van der Waals surface area (Å²) in [6, 6.07) is 10.2. The van der Waals surface area contributed by atoms with E-state index < -0.39 is 5.63 Å².